The first-order valence-electron chi connectivity index (χ1n) is 8.21. The van der Waals surface area contributed by atoms with Crippen molar-refractivity contribution >= 4 is 29.1 Å². The van der Waals surface area contributed by atoms with Crippen LogP contribution in [0.25, 0.3) is 0 Å². The molecule has 0 saturated heterocycles. The molecule has 2 aromatic carbocycles. The molecule has 0 aliphatic carbocycles. The minimum absolute atomic E-state index is 0.108. The SMILES string of the molecule is CCN(CC)C(=O)COc1ccc(NC(=O)c2ccc(F)cc2)cc1Cl. The van der Waals surface area contributed by atoms with Crippen molar-refractivity contribution in [3.63, 3.8) is 0 Å². The molecule has 0 aliphatic heterocycles. The summed E-state index contributed by atoms with van der Waals surface area (Å²) in [5.74, 6) is -0.566. The third-order valence-corrected chi connectivity index (χ3v) is 4.06. The first-order chi connectivity index (χ1) is 12.4. The molecule has 0 saturated carbocycles. The lowest BCUT2D eigenvalue weighted by molar-refractivity contribution is -0.132. The summed E-state index contributed by atoms with van der Waals surface area (Å²) in [6.07, 6.45) is 0. The Bertz CT molecular complexity index is 777. The summed E-state index contributed by atoms with van der Waals surface area (Å²) in [6.45, 7) is 4.91. The number of carbonyl (C=O) groups is 2. The first-order valence-corrected chi connectivity index (χ1v) is 8.59. The van der Waals surface area contributed by atoms with E-state index in [1.807, 2.05) is 13.8 Å². The van der Waals surface area contributed by atoms with Crippen LogP contribution in [0.15, 0.2) is 42.5 Å². The maximum Gasteiger partial charge on any atom is 0.260 e. The lowest BCUT2D eigenvalue weighted by atomic mass is 10.2. The maximum atomic E-state index is 12.9. The number of rotatable bonds is 7. The number of hydrogen-bond acceptors (Lipinski definition) is 3. The van der Waals surface area contributed by atoms with E-state index in [2.05, 4.69) is 5.32 Å². The molecule has 138 valence electrons. The van der Waals surface area contributed by atoms with E-state index in [0.29, 0.717) is 30.1 Å². The number of hydrogen-bond donors (Lipinski definition) is 1. The number of halogens is 2. The van der Waals surface area contributed by atoms with Crippen LogP contribution in [-0.4, -0.2) is 36.4 Å². The summed E-state index contributed by atoms with van der Waals surface area (Å²) >= 11 is 6.16. The third kappa shape index (κ3) is 5.20. The number of anilines is 1. The van der Waals surface area contributed by atoms with E-state index in [1.54, 1.807) is 17.0 Å². The second-order valence-corrected chi connectivity index (χ2v) is 5.87. The van der Waals surface area contributed by atoms with Crippen molar-refractivity contribution in [2.45, 2.75) is 13.8 Å². The van der Waals surface area contributed by atoms with E-state index >= 15 is 0 Å². The fraction of sp³-hybridized carbons (Fsp3) is 0.263. The number of likely N-dealkylation sites (N-methyl/N-ethyl adjacent to an activating group) is 1. The first kappa shape index (κ1) is 19.7. The highest BCUT2D eigenvalue weighted by molar-refractivity contribution is 6.32. The molecule has 0 unspecified atom stereocenters. The van der Waals surface area contributed by atoms with Crippen LogP contribution in [-0.2, 0) is 4.79 Å². The third-order valence-electron chi connectivity index (χ3n) is 3.76. The Morgan fingerprint density at radius 1 is 1.12 bits per heavy atom. The molecule has 5 nitrogen and oxygen atoms in total. The van der Waals surface area contributed by atoms with Gasteiger partial charge in [0, 0.05) is 24.3 Å². The van der Waals surface area contributed by atoms with Gasteiger partial charge in [-0.2, -0.15) is 0 Å². The van der Waals surface area contributed by atoms with Crippen molar-refractivity contribution in [1.29, 1.82) is 0 Å². The topological polar surface area (TPSA) is 58.6 Å². The minimum atomic E-state index is -0.412. The molecule has 2 aromatic rings. The van der Waals surface area contributed by atoms with Gasteiger partial charge in [-0.3, -0.25) is 9.59 Å². The Balaban J connectivity index is 1.99. The van der Waals surface area contributed by atoms with Gasteiger partial charge in [0.25, 0.3) is 11.8 Å². The van der Waals surface area contributed by atoms with Crippen LogP contribution in [0.3, 0.4) is 0 Å². The predicted octanol–water partition coefficient (Wildman–Crippen LogP) is 3.98. The van der Waals surface area contributed by atoms with E-state index in [9.17, 15) is 14.0 Å². The molecule has 0 heterocycles. The van der Waals surface area contributed by atoms with E-state index in [-0.39, 0.29) is 23.4 Å². The summed E-state index contributed by atoms with van der Waals surface area (Å²) in [7, 11) is 0. The second kappa shape index (κ2) is 9.20. The van der Waals surface area contributed by atoms with Crippen LogP contribution in [0.2, 0.25) is 5.02 Å². The number of carbonyl (C=O) groups excluding carboxylic acids is 2. The number of amides is 2. The van der Waals surface area contributed by atoms with Crippen molar-refractivity contribution < 1.29 is 18.7 Å². The molecule has 1 N–H and O–H groups in total. The molecule has 26 heavy (non-hydrogen) atoms. The lowest BCUT2D eigenvalue weighted by Crippen LogP contribution is -2.34. The number of nitrogens with zero attached hydrogens (tertiary/aromatic N) is 1. The normalized spacial score (nSPS) is 10.3. The van der Waals surface area contributed by atoms with Gasteiger partial charge in [0.15, 0.2) is 6.61 Å². The van der Waals surface area contributed by atoms with Gasteiger partial charge in [-0.1, -0.05) is 11.6 Å². The van der Waals surface area contributed by atoms with Crippen LogP contribution in [0.5, 0.6) is 5.75 Å². The van der Waals surface area contributed by atoms with Gasteiger partial charge >= 0.3 is 0 Å². The summed E-state index contributed by atoms with van der Waals surface area (Å²) in [5, 5.41) is 2.94. The molecule has 7 heteroatoms. The average Bonchev–Trinajstić information content (AvgIpc) is 2.62. The molecule has 0 aliphatic rings. The molecule has 0 bridgehead atoms. The Kier molecular flexibility index (Phi) is 6.97. The van der Waals surface area contributed by atoms with Gasteiger partial charge in [0.1, 0.15) is 11.6 Å². The molecule has 0 aromatic heterocycles. The molecular formula is C19H20ClFN2O3. The van der Waals surface area contributed by atoms with Crippen LogP contribution < -0.4 is 10.1 Å². The lowest BCUT2D eigenvalue weighted by Gasteiger charge is -2.19. The molecule has 0 spiro atoms. The van der Waals surface area contributed by atoms with Crippen LogP contribution in [0, 0.1) is 5.82 Å². The van der Waals surface area contributed by atoms with Crippen molar-refractivity contribution in [1.82, 2.24) is 4.90 Å². The smallest absolute Gasteiger partial charge is 0.260 e. The highest BCUT2D eigenvalue weighted by Gasteiger charge is 2.12. The number of nitrogens with one attached hydrogen (secondary N) is 1. The van der Waals surface area contributed by atoms with E-state index in [0.717, 1.165) is 0 Å². The number of benzene rings is 2. The summed E-state index contributed by atoms with van der Waals surface area (Å²) in [4.78, 5) is 25.7. The Hall–Kier alpha value is -2.60. The van der Waals surface area contributed by atoms with Gasteiger partial charge in [-0.05, 0) is 56.3 Å². The average molecular weight is 379 g/mol. The zero-order chi connectivity index (χ0) is 19.1. The molecule has 2 rings (SSSR count). The standard InChI is InChI=1S/C19H20ClFN2O3/c1-3-23(4-2)18(24)12-26-17-10-9-15(11-16(17)20)22-19(25)13-5-7-14(21)8-6-13/h5-11H,3-4,12H2,1-2H3,(H,22,25). The van der Waals surface area contributed by atoms with Crippen molar-refractivity contribution in [3.8, 4) is 5.75 Å². The van der Waals surface area contributed by atoms with Crippen LogP contribution >= 0.6 is 11.6 Å². The van der Waals surface area contributed by atoms with Crippen LogP contribution in [0.1, 0.15) is 24.2 Å². The Morgan fingerprint density at radius 3 is 2.35 bits per heavy atom. The molecular weight excluding hydrogens is 359 g/mol. The monoisotopic (exact) mass is 378 g/mol. The zero-order valence-corrected chi connectivity index (χ0v) is 15.3. The zero-order valence-electron chi connectivity index (χ0n) is 14.6. The van der Waals surface area contributed by atoms with E-state index in [4.69, 9.17) is 16.3 Å². The van der Waals surface area contributed by atoms with Gasteiger partial charge in [0.2, 0.25) is 0 Å². The molecule has 0 radical (unpaired) electrons. The van der Waals surface area contributed by atoms with E-state index in [1.165, 1.54) is 30.3 Å². The number of ether oxygens (including phenoxy) is 1. The summed E-state index contributed by atoms with van der Waals surface area (Å²) in [5.41, 5.74) is 0.791. The Labute approximate surface area is 156 Å². The van der Waals surface area contributed by atoms with Crippen molar-refractivity contribution in [2.24, 2.45) is 0 Å². The minimum Gasteiger partial charge on any atom is -0.482 e. The Morgan fingerprint density at radius 2 is 1.77 bits per heavy atom. The fourth-order valence-electron chi connectivity index (χ4n) is 2.31. The molecule has 0 fully saturated rings. The predicted molar refractivity (Wildman–Crippen MR) is 99.2 cm³/mol. The quantitative estimate of drug-likeness (QED) is 0.792. The maximum absolute atomic E-state index is 12.9. The van der Waals surface area contributed by atoms with Crippen molar-refractivity contribution in [3.05, 3.63) is 58.9 Å². The largest absolute Gasteiger partial charge is 0.482 e. The second-order valence-electron chi connectivity index (χ2n) is 5.46. The highest BCUT2D eigenvalue weighted by Crippen LogP contribution is 2.28. The fourth-order valence-corrected chi connectivity index (χ4v) is 2.54. The molecule has 2 amide bonds. The van der Waals surface area contributed by atoms with Gasteiger partial charge < -0.3 is 15.0 Å². The summed E-state index contributed by atoms with van der Waals surface area (Å²) in [6, 6.07) is 9.94. The van der Waals surface area contributed by atoms with Crippen molar-refractivity contribution in [2.75, 3.05) is 25.0 Å². The van der Waals surface area contributed by atoms with Crippen LogP contribution in [0.4, 0.5) is 10.1 Å². The highest BCUT2D eigenvalue weighted by atomic mass is 35.5. The van der Waals surface area contributed by atoms with E-state index < -0.39 is 5.82 Å². The summed E-state index contributed by atoms with van der Waals surface area (Å²) < 4.78 is 18.4. The van der Waals surface area contributed by atoms with Gasteiger partial charge in [0.05, 0.1) is 5.02 Å². The van der Waals surface area contributed by atoms with Gasteiger partial charge in [-0.25, -0.2) is 4.39 Å². The molecule has 0 atom stereocenters. The van der Waals surface area contributed by atoms with Gasteiger partial charge in [-0.15, -0.1) is 0 Å².